The molecule has 0 aliphatic rings. The molecule has 1 rings (SSSR count). The van der Waals surface area contributed by atoms with E-state index in [1.165, 1.54) is 6.07 Å². The highest BCUT2D eigenvalue weighted by Gasteiger charge is 2.23. The summed E-state index contributed by atoms with van der Waals surface area (Å²) >= 11 is 6.11. The molecule has 0 saturated carbocycles. The normalized spacial score (nSPS) is 13.6. The molecule has 108 valence electrons. The topological polar surface area (TPSA) is 12.0 Å². The summed E-state index contributed by atoms with van der Waals surface area (Å²) in [6.07, 6.45) is 2.88. The standard InChI is InChI=1S/C16H25ClFN/c1-5-10-19-15(16(2,3)4)9-6-12-11-13(18)7-8-14(12)17/h7-8,11,15,19H,5-6,9-10H2,1-4H3. The molecule has 1 nitrogen and oxygen atoms in total. The van der Waals surface area contributed by atoms with Gasteiger partial charge in [-0.25, -0.2) is 4.39 Å². The number of hydrogen-bond acceptors (Lipinski definition) is 1. The molecule has 1 unspecified atom stereocenters. The van der Waals surface area contributed by atoms with Gasteiger partial charge >= 0.3 is 0 Å². The lowest BCUT2D eigenvalue weighted by molar-refractivity contribution is 0.255. The van der Waals surface area contributed by atoms with E-state index in [1.807, 2.05) is 0 Å². The van der Waals surface area contributed by atoms with Crippen molar-refractivity contribution in [3.05, 3.63) is 34.6 Å². The zero-order valence-corrected chi connectivity index (χ0v) is 13.1. The van der Waals surface area contributed by atoms with Crippen molar-refractivity contribution in [2.75, 3.05) is 6.54 Å². The van der Waals surface area contributed by atoms with Crippen LogP contribution in [0.25, 0.3) is 0 Å². The summed E-state index contributed by atoms with van der Waals surface area (Å²) in [4.78, 5) is 0. The number of aryl methyl sites for hydroxylation is 1. The molecule has 0 spiro atoms. The van der Waals surface area contributed by atoms with E-state index < -0.39 is 0 Å². The molecule has 1 atom stereocenters. The minimum atomic E-state index is -0.215. The van der Waals surface area contributed by atoms with Crippen LogP contribution in [0.15, 0.2) is 18.2 Å². The third-order valence-electron chi connectivity index (χ3n) is 3.40. The fourth-order valence-electron chi connectivity index (χ4n) is 2.19. The Bertz CT molecular complexity index is 398. The summed E-state index contributed by atoms with van der Waals surface area (Å²) in [6, 6.07) is 4.99. The SMILES string of the molecule is CCCNC(CCc1cc(F)ccc1Cl)C(C)(C)C. The first-order chi connectivity index (χ1) is 8.84. The van der Waals surface area contributed by atoms with E-state index in [2.05, 4.69) is 33.0 Å². The summed E-state index contributed by atoms with van der Waals surface area (Å²) in [5, 5.41) is 4.23. The summed E-state index contributed by atoms with van der Waals surface area (Å²) in [7, 11) is 0. The van der Waals surface area contributed by atoms with Crippen molar-refractivity contribution in [1.29, 1.82) is 0 Å². The molecule has 19 heavy (non-hydrogen) atoms. The highest BCUT2D eigenvalue weighted by atomic mass is 35.5. The molecular weight excluding hydrogens is 261 g/mol. The quantitative estimate of drug-likeness (QED) is 0.790. The van der Waals surface area contributed by atoms with Crippen LogP contribution in [0.4, 0.5) is 4.39 Å². The van der Waals surface area contributed by atoms with Crippen LogP contribution in [0.5, 0.6) is 0 Å². The number of rotatable bonds is 6. The molecule has 3 heteroatoms. The fraction of sp³-hybridized carbons (Fsp3) is 0.625. The third-order valence-corrected chi connectivity index (χ3v) is 3.76. The zero-order chi connectivity index (χ0) is 14.5. The first-order valence-electron chi connectivity index (χ1n) is 7.02. The van der Waals surface area contributed by atoms with Gasteiger partial charge < -0.3 is 5.32 Å². The Morgan fingerprint density at radius 2 is 2.00 bits per heavy atom. The van der Waals surface area contributed by atoms with Gasteiger partial charge in [-0.05, 0) is 55.0 Å². The summed E-state index contributed by atoms with van der Waals surface area (Å²) < 4.78 is 13.2. The molecule has 0 aliphatic heterocycles. The summed E-state index contributed by atoms with van der Waals surface area (Å²) in [5.41, 5.74) is 1.09. The molecule has 0 saturated heterocycles. The largest absolute Gasteiger partial charge is 0.313 e. The first-order valence-corrected chi connectivity index (χ1v) is 7.39. The van der Waals surface area contributed by atoms with Crippen LogP contribution in [-0.2, 0) is 6.42 Å². The van der Waals surface area contributed by atoms with Gasteiger partial charge in [0.2, 0.25) is 0 Å². The maximum absolute atomic E-state index is 13.2. The Morgan fingerprint density at radius 1 is 1.32 bits per heavy atom. The molecule has 1 aromatic carbocycles. The Balaban J connectivity index is 2.67. The Kier molecular flexibility index (Phi) is 6.28. The van der Waals surface area contributed by atoms with Gasteiger partial charge in [0.1, 0.15) is 5.82 Å². The molecule has 1 aromatic rings. The van der Waals surface area contributed by atoms with Crippen molar-refractivity contribution >= 4 is 11.6 Å². The predicted octanol–water partition coefficient (Wildman–Crippen LogP) is 4.83. The molecule has 1 N–H and O–H groups in total. The highest BCUT2D eigenvalue weighted by Crippen LogP contribution is 2.25. The Labute approximate surface area is 121 Å². The van der Waals surface area contributed by atoms with Crippen LogP contribution < -0.4 is 5.32 Å². The molecule has 0 heterocycles. The van der Waals surface area contributed by atoms with Gasteiger partial charge in [0.15, 0.2) is 0 Å². The lowest BCUT2D eigenvalue weighted by atomic mass is 9.83. The average molecular weight is 286 g/mol. The van der Waals surface area contributed by atoms with Gasteiger partial charge in [0.25, 0.3) is 0 Å². The number of hydrogen-bond donors (Lipinski definition) is 1. The zero-order valence-electron chi connectivity index (χ0n) is 12.4. The predicted molar refractivity (Wildman–Crippen MR) is 81.3 cm³/mol. The first kappa shape index (κ1) is 16.5. The van der Waals surface area contributed by atoms with E-state index >= 15 is 0 Å². The lowest BCUT2D eigenvalue weighted by Crippen LogP contribution is -2.41. The second kappa shape index (κ2) is 7.25. The van der Waals surface area contributed by atoms with Gasteiger partial charge in [-0.1, -0.05) is 39.3 Å². The van der Waals surface area contributed by atoms with Crippen molar-refractivity contribution in [1.82, 2.24) is 5.32 Å². The van der Waals surface area contributed by atoms with E-state index in [4.69, 9.17) is 11.6 Å². The maximum atomic E-state index is 13.2. The van der Waals surface area contributed by atoms with E-state index in [0.717, 1.165) is 31.4 Å². The van der Waals surface area contributed by atoms with Crippen LogP contribution in [-0.4, -0.2) is 12.6 Å². The van der Waals surface area contributed by atoms with Crippen molar-refractivity contribution in [3.63, 3.8) is 0 Å². The molecular formula is C16H25ClFN. The highest BCUT2D eigenvalue weighted by molar-refractivity contribution is 6.31. The van der Waals surface area contributed by atoms with Crippen LogP contribution in [0.1, 0.15) is 46.1 Å². The molecule has 0 aromatic heterocycles. The van der Waals surface area contributed by atoms with Crippen LogP contribution in [0.3, 0.4) is 0 Å². The Hall–Kier alpha value is -0.600. The van der Waals surface area contributed by atoms with Crippen LogP contribution >= 0.6 is 11.6 Å². The molecule has 0 radical (unpaired) electrons. The number of halogens is 2. The third kappa shape index (κ3) is 5.50. The molecule has 0 amide bonds. The van der Waals surface area contributed by atoms with Crippen LogP contribution in [0, 0.1) is 11.2 Å². The second-order valence-corrected chi connectivity index (χ2v) is 6.55. The smallest absolute Gasteiger partial charge is 0.123 e. The van der Waals surface area contributed by atoms with E-state index in [0.29, 0.717) is 11.1 Å². The summed E-state index contributed by atoms with van der Waals surface area (Å²) in [5.74, 6) is -0.215. The number of benzene rings is 1. The molecule has 0 bridgehead atoms. The van der Waals surface area contributed by atoms with Crippen molar-refractivity contribution in [2.24, 2.45) is 5.41 Å². The van der Waals surface area contributed by atoms with E-state index in [-0.39, 0.29) is 11.2 Å². The van der Waals surface area contributed by atoms with E-state index in [9.17, 15) is 4.39 Å². The lowest BCUT2D eigenvalue weighted by Gasteiger charge is -2.32. The number of nitrogens with one attached hydrogen (secondary N) is 1. The average Bonchev–Trinajstić information content (AvgIpc) is 2.31. The minimum Gasteiger partial charge on any atom is -0.313 e. The monoisotopic (exact) mass is 285 g/mol. The van der Waals surface area contributed by atoms with Gasteiger partial charge in [-0.2, -0.15) is 0 Å². The molecule has 0 fully saturated rings. The van der Waals surface area contributed by atoms with Gasteiger partial charge in [-0.3, -0.25) is 0 Å². The Morgan fingerprint density at radius 3 is 2.58 bits per heavy atom. The van der Waals surface area contributed by atoms with Gasteiger partial charge in [0, 0.05) is 11.1 Å². The minimum absolute atomic E-state index is 0.189. The van der Waals surface area contributed by atoms with Gasteiger partial charge in [0.05, 0.1) is 0 Å². The second-order valence-electron chi connectivity index (χ2n) is 6.15. The van der Waals surface area contributed by atoms with E-state index in [1.54, 1.807) is 12.1 Å². The maximum Gasteiger partial charge on any atom is 0.123 e. The fourth-order valence-corrected chi connectivity index (χ4v) is 2.41. The van der Waals surface area contributed by atoms with Crippen LogP contribution in [0.2, 0.25) is 5.02 Å². The van der Waals surface area contributed by atoms with Crippen molar-refractivity contribution in [3.8, 4) is 0 Å². The van der Waals surface area contributed by atoms with Crippen molar-refractivity contribution < 1.29 is 4.39 Å². The molecule has 0 aliphatic carbocycles. The van der Waals surface area contributed by atoms with Crippen molar-refractivity contribution in [2.45, 2.75) is 53.0 Å². The van der Waals surface area contributed by atoms with Gasteiger partial charge in [-0.15, -0.1) is 0 Å². The summed E-state index contributed by atoms with van der Waals surface area (Å²) in [6.45, 7) is 9.86.